The van der Waals surface area contributed by atoms with Gasteiger partial charge in [0.05, 0.1) is 33.2 Å². The third-order valence-corrected chi connectivity index (χ3v) is 5.10. The number of nitrogens with zero attached hydrogens (tertiary/aromatic N) is 4. The van der Waals surface area contributed by atoms with Gasteiger partial charge in [0.15, 0.2) is 17.1 Å². The van der Waals surface area contributed by atoms with Crippen LogP contribution in [0, 0.1) is 0 Å². The second-order valence-electron chi connectivity index (χ2n) is 7.14. The van der Waals surface area contributed by atoms with E-state index in [1.807, 2.05) is 43.3 Å². The van der Waals surface area contributed by atoms with Crippen molar-refractivity contribution in [1.29, 1.82) is 0 Å². The molecule has 0 spiro atoms. The molecule has 160 valence electrons. The molecule has 8 heteroatoms. The number of imidazole rings is 1. The normalized spacial score (nSPS) is 10.9. The molecule has 0 fully saturated rings. The molecule has 4 aromatic rings. The summed E-state index contributed by atoms with van der Waals surface area (Å²) in [5.74, 6) is 1.43. The van der Waals surface area contributed by atoms with Gasteiger partial charge in [-0.2, -0.15) is 0 Å². The molecule has 8 nitrogen and oxygen atoms in total. The minimum absolute atomic E-state index is 0.00200. The predicted octanol–water partition coefficient (Wildman–Crippen LogP) is 3.86. The average molecular weight is 420 g/mol. The number of hydrogen-bond acceptors (Lipinski definition) is 7. The second kappa shape index (κ2) is 8.06. The van der Waals surface area contributed by atoms with Crippen LogP contribution in [0.5, 0.6) is 23.1 Å². The fourth-order valence-corrected chi connectivity index (χ4v) is 3.43. The molecule has 0 amide bonds. The number of aromatic nitrogens is 3. The number of benzene rings is 2. The highest BCUT2D eigenvalue weighted by atomic mass is 16.5. The van der Waals surface area contributed by atoms with Gasteiger partial charge in [-0.05, 0) is 24.3 Å². The molecular weight excluding hydrogens is 396 g/mol. The van der Waals surface area contributed by atoms with Crippen LogP contribution in [0.4, 0.5) is 5.69 Å². The van der Waals surface area contributed by atoms with E-state index in [0.29, 0.717) is 34.2 Å². The zero-order valence-corrected chi connectivity index (χ0v) is 18.1. The maximum atomic E-state index is 10.9. The number of ether oxygens (including phenoxy) is 3. The van der Waals surface area contributed by atoms with Crippen molar-refractivity contribution in [3.63, 3.8) is 0 Å². The molecule has 2 aromatic carbocycles. The summed E-state index contributed by atoms with van der Waals surface area (Å²) in [6.45, 7) is 0. The molecule has 0 saturated heterocycles. The molecule has 4 rings (SSSR count). The lowest BCUT2D eigenvalue weighted by Crippen LogP contribution is -2.07. The van der Waals surface area contributed by atoms with Crippen LogP contribution >= 0.6 is 0 Å². The molecular formula is C23H24N4O4. The summed E-state index contributed by atoms with van der Waals surface area (Å²) in [4.78, 5) is 11.1. The van der Waals surface area contributed by atoms with Gasteiger partial charge in [-0.25, -0.2) is 4.98 Å². The fraction of sp³-hybridized carbons (Fsp3) is 0.217. The molecule has 1 N–H and O–H groups in total. The van der Waals surface area contributed by atoms with E-state index in [9.17, 15) is 5.11 Å². The molecule has 0 atom stereocenters. The van der Waals surface area contributed by atoms with E-state index in [1.165, 1.54) is 0 Å². The summed E-state index contributed by atoms with van der Waals surface area (Å²) in [6, 6.07) is 11.5. The Hall–Kier alpha value is -3.94. The Morgan fingerprint density at radius 1 is 0.903 bits per heavy atom. The number of fused-ring (bicyclic) bond motifs is 1. The van der Waals surface area contributed by atoms with Crippen LogP contribution in [0.15, 0.2) is 48.8 Å². The highest BCUT2D eigenvalue weighted by Gasteiger charge is 2.20. The quantitative estimate of drug-likeness (QED) is 0.507. The minimum atomic E-state index is -0.00200. The van der Waals surface area contributed by atoms with Crippen molar-refractivity contribution in [3.05, 3.63) is 48.8 Å². The second-order valence-corrected chi connectivity index (χ2v) is 7.14. The summed E-state index contributed by atoms with van der Waals surface area (Å²) in [5, 5.41) is 10.9. The van der Waals surface area contributed by atoms with Crippen molar-refractivity contribution >= 4 is 11.3 Å². The first kappa shape index (κ1) is 20.3. The third kappa shape index (κ3) is 3.56. The molecule has 2 heterocycles. The Kier molecular flexibility index (Phi) is 5.29. The van der Waals surface area contributed by atoms with Crippen LogP contribution < -0.4 is 19.1 Å². The van der Waals surface area contributed by atoms with Crippen LogP contribution in [0.25, 0.3) is 28.2 Å². The highest BCUT2D eigenvalue weighted by molar-refractivity contribution is 5.75. The number of hydrogen-bond donors (Lipinski definition) is 1. The zero-order valence-electron chi connectivity index (χ0n) is 18.1. The fourth-order valence-electron chi connectivity index (χ4n) is 3.43. The molecule has 0 aliphatic carbocycles. The van der Waals surface area contributed by atoms with E-state index >= 15 is 0 Å². The van der Waals surface area contributed by atoms with Crippen molar-refractivity contribution < 1.29 is 19.3 Å². The van der Waals surface area contributed by atoms with E-state index in [1.54, 1.807) is 50.3 Å². The van der Waals surface area contributed by atoms with Crippen molar-refractivity contribution in [2.45, 2.75) is 0 Å². The van der Waals surface area contributed by atoms with Crippen LogP contribution in [0.3, 0.4) is 0 Å². The maximum Gasteiger partial charge on any atom is 0.224 e. The first-order chi connectivity index (χ1) is 15.0. The number of methoxy groups -OCH3 is 3. The Morgan fingerprint density at radius 2 is 1.55 bits per heavy atom. The Balaban J connectivity index is 1.80. The van der Waals surface area contributed by atoms with Gasteiger partial charge in [0.2, 0.25) is 11.6 Å². The first-order valence-corrected chi connectivity index (χ1v) is 9.62. The number of rotatable bonds is 6. The molecule has 0 radical (unpaired) electrons. The van der Waals surface area contributed by atoms with E-state index in [4.69, 9.17) is 14.2 Å². The molecule has 0 unspecified atom stereocenters. The lowest BCUT2D eigenvalue weighted by Gasteiger charge is -2.13. The van der Waals surface area contributed by atoms with Gasteiger partial charge < -0.3 is 24.2 Å². The van der Waals surface area contributed by atoms with Gasteiger partial charge in [0, 0.05) is 37.1 Å². The van der Waals surface area contributed by atoms with E-state index in [0.717, 1.165) is 16.9 Å². The van der Waals surface area contributed by atoms with Gasteiger partial charge >= 0.3 is 0 Å². The van der Waals surface area contributed by atoms with Crippen LogP contribution in [-0.2, 0) is 0 Å². The molecule has 0 aliphatic heterocycles. The molecule has 0 saturated carbocycles. The van der Waals surface area contributed by atoms with E-state index in [-0.39, 0.29) is 5.88 Å². The maximum absolute atomic E-state index is 10.9. The predicted molar refractivity (Wildman–Crippen MR) is 120 cm³/mol. The summed E-state index contributed by atoms with van der Waals surface area (Å²) >= 11 is 0. The Morgan fingerprint density at radius 3 is 2.10 bits per heavy atom. The van der Waals surface area contributed by atoms with E-state index < -0.39 is 0 Å². The Bertz CT molecular complexity index is 1210. The van der Waals surface area contributed by atoms with Crippen LogP contribution in [-0.4, -0.2) is 54.9 Å². The van der Waals surface area contributed by atoms with Crippen molar-refractivity contribution in [2.24, 2.45) is 0 Å². The smallest absolute Gasteiger partial charge is 0.224 e. The monoisotopic (exact) mass is 420 g/mol. The molecule has 0 bridgehead atoms. The lowest BCUT2D eigenvalue weighted by atomic mass is 10.1. The lowest BCUT2D eigenvalue weighted by molar-refractivity contribution is 0.324. The SMILES string of the molecule is COc1cc(-c2nc3cnc(-c4ccc(N(C)C)cc4)cn3c2O)cc(OC)c1OC. The van der Waals surface area contributed by atoms with Gasteiger partial charge in [-0.1, -0.05) is 12.1 Å². The zero-order chi connectivity index (χ0) is 22.1. The topological polar surface area (TPSA) is 81.4 Å². The van der Waals surface area contributed by atoms with Crippen LogP contribution in [0.2, 0.25) is 0 Å². The van der Waals surface area contributed by atoms with Crippen LogP contribution in [0.1, 0.15) is 0 Å². The van der Waals surface area contributed by atoms with Gasteiger partial charge in [-0.15, -0.1) is 0 Å². The highest BCUT2D eigenvalue weighted by Crippen LogP contribution is 2.42. The summed E-state index contributed by atoms with van der Waals surface area (Å²) < 4.78 is 17.8. The summed E-state index contributed by atoms with van der Waals surface area (Å²) in [6.07, 6.45) is 3.40. The first-order valence-electron chi connectivity index (χ1n) is 9.62. The van der Waals surface area contributed by atoms with Gasteiger partial charge in [0.1, 0.15) is 5.69 Å². The van der Waals surface area contributed by atoms with Crippen molar-refractivity contribution in [2.75, 3.05) is 40.3 Å². The van der Waals surface area contributed by atoms with Crippen molar-refractivity contribution in [3.8, 4) is 45.6 Å². The largest absolute Gasteiger partial charge is 0.493 e. The molecule has 31 heavy (non-hydrogen) atoms. The standard InChI is InChI=1S/C23H24N4O4/c1-26(2)16-8-6-14(7-9-16)17-13-27-20(12-24-17)25-21(23(27)28)15-10-18(29-3)22(31-5)19(11-15)30-4/h6-13,28H,1-5H3. The van der Waals surface area contributed by atoms with Gasteiger partial charge in [-0.3, -0.25) is 9.38 Å². The van der Waals surface area contributed by atoms with Gasteiger partial charge in [0.25, 0.3) is 0 Å². The minimum Gasteiger partial charge on any atom is -0.493 e. The number of anilines is 1. The van der Waals surface area contributed by atoms with E-state index in [2.05, 4.69) is 9.97 Å². The number of aromatic hydroxyl groups is 1. The Labute approximate surface area is 180 Å². The summed E-state index contributed by atoms with van der Waals surface area (Å²) in [7, 11) is 8.62. The summed E-state index contributed by atoms with van der Waals surface area (Å²) in [5.41, 5.74) is 4.31. The van der Waals surface area contributed by atoms with Crippen molar-refractivity contribution in [1.82, 2.24) is 14.4 Å². The molecule has 0 aliphatic rings. The molecule has 2 aromatic heterocycles. The third-order valence-electron chi connectivity index (χ3n) is 5.10. The average Bonchev–Trinajstić information content (AvgIpc) is 3.13.